The summed E-state index contributed by atoms with van der Waals surface area (Å²) in [6, 6.07) is 20.6. The Morgan fingerprint density at radius 1 is 1.03 bits per heavy atom. The Labute approximate surface area is 258 Å². The first kappa shape index (κ1) is 30.0. The summed E-state index contributed by atoms with van der Waals surface area (Å²) in [6.45, 7) is 6.21. The number of amides is 1. The van der Waals surface area contributed by atoms with E-state index in [2.05, 4.69) is 53.5 Å². The molecule has 4 rings (SSSR count). The van der Waals surface area contributed by atoms with E-state index in [-0.39, 0.29) is 62.7 Å². The number of aromatic nitrogens is 3. The van der Waals surface area contributed by atoms with Crippen molar-refractivity contribution >= 4 is 23.4 Å². The van der Waals surface area contributed by atoms with Gasteiger partial charge in [-0.25, -0.2) is 5.16 Å². The van der Waals surface area contributed by atoms with Gasteiger partial charge in [-0.15, -0.1) is 18.3 Å². The maximum absolute atomic E-state index is 12.6. The molecule has 1 amide bonds. The molecule has 8 nitrogen and oxygen atoms in total. The van der Waals surface area contributed by atoms with Crippen LogP contribution in [-0.4, -0.2) is 35.3 Å². The van der Waals surface area contributed by atoms with E-state index in [0.29, 0.717) is 28.2 Å². The van der Waals surface area contributed by atoms with Gasteiger partial charge in [-0.1, -0.05) is 38.6 Å². The smallest absolute Gasteiger partial charge is 0.481 e. The summed E-state index contributed by atoms with van der Waals surface area (Å²) in [7, 11) is 3.05. The number of benzene rings is 2. The number of hydrogen-bond donors (Lipinski definition) is 1. The topological polar surface area (TPSA) is 99.4 Å². The molecule has 2 aromatic carbocycles. The van der Waals surface area contributed by atoms with Crippen molar-refractivity contribution < 1.29 is 70.2 Å². The van der Waals surface area contributed by atoms with Crippen LogP contribution in [-0.2, 0) is 5.41 Å². The second kappa shape index (κ2) is 14.5. The zero-order valence-corrected chi connectivity index (χ0v) is 25.1. The maximum atomic E-state index is 12.6. The zero-order chi connectivity index (χ0) is 25.3. The SMILES string of the molecule is CC(C)(C)c1c[c-]no1.COc1cc(OC)nc(Sc2ccccc2C(=O)Nc2cc[c-]cc2)n1.[K+]. The summed E-state index contributed by atoms with van der Waals surface area (Å²) in [4.78, 5) is 22.0. The van der Waals surface area contributed by atoms with Gasteiger partial charge in [0.15, 0.2) is 5.16 Å². The molecular weight excluding hydrogens is 503 g/mol. The number of methoxy groups -OCH3 is 2. The Bertz CT molecular complexity index is 1210. The second-order valence-corrected chi connectivity index (χ2v) is 9.16. The minimum absolute atomic E-state index is 0. The molecule has 10 heteroatoms. The van der Waals surface area contributed by atoms with Crippen molar-refractivity contribution in [2.75, 3.05) is 19.5 Å². The Kier molecular flexibility index (Phi) is 12.1. The van der Waals surface area contributed by atoms with Crippen LogP contribution in [0, 0.1) is 12.3 Å². The molecule has 4 aromatic rings. The first-order valence-electron chi connectivity index (χ1n) is 10.6. The van der Waals surface area contributed by atoms with Crippen LogP contribution < -0.4 is 66.2 Å². The average Bonchev–Trinajstić information content (AvgIpc) is 3.41. The Morgan fingerprint density at radius 3 is 2.19 bits per heavy atom. The van der Waals surface area contributed by atoms with Crippen molar-refractivity contribution in [3.8, 4) is 11.8 Å². The summed E-state index contributed by atoms with van der Waals surface area (Å²) in [5.41, 5.74) is 1.29. The summed E-state index contributed by atoms with van der Waals surface area (Å²) < 4.78 is 15.2. The van der Waals surface area contributed by atoms with Crippen LogP contribution in [0.4, 0.5) is 5.69 Å². The summed E-state index contributed by atoms with van der Waals surface area (Å²) >= 11 is 1.26. The van der Waals surface area contributed by atoms with Crippen molar-refractivity contribution in [1.82, 2.24) is 15.1 Å². The molecule has 0 radical (unpaired) electrons. The third kappa shape index (κ3) is 9.02. The first-order valence-corrected chi connectivity index (χ1v) is 11.5. The number of anilines is 1. The van der Waals surface area contributed by atoms with Crippen LogP contribution in [0.1, 0.15) is 36.9 Å². The van der Waals surface area contributed by atoms with Gasteiger partial charge in [-0.05, 0) is 35.1 Å². The predicted molar refractivity (Wildman–Crippen MR) is 133 cm³/mol. The molecule has 0 fully saturated rings. The van der Waals surface area contributed by atoms with Gasteiger partial charge >= 0.3 is 51.4 Å². The van der Waals surface area contributed by atoms with E-state index >= 15 is 0 Å². The molecule has 0 unspecified atom stereocenters. The third-order valence-corrected chi connectivity index (χ3v) is 5.46. The van der Waals surface area contributed by atoms with Crippen LogP contribution in [0.5, 0.6) is 11.8 Å². The largest absolute Gasteiger partial charge is 1.00 e. The summed E-state index contributed by atoms with van der Waals surface area (Å²) in [5.74, 6) is 1.44. The molecule has 1 N–H and O–H groups in total. The van der Waals surface area contributed by atoms with Gasteiger partial charge < -0.3 is 19.3 Å². The first-order chi connectivity index (χ1) is 16.8. The van der Waals surface area contributed by atoms with E-state index in [1.54, 1.807) is 42.5 Å². The number of nitrogens with zero attached hydrogens (tertiary/aromatic N) is 3. The van der Waals surface area contributed by atoms with E-state index in [1.807, 2.05) is 18.2 Å². The molecule has 0 bridgehead atoms. The zero-order valence-electron chi connectivity index (χ0n) is 21.2. The Hall–Kier alpha value is -2.21. The maximum Gasteiger partial charge on any atom is 1.00 e. The van der Waals surface area contributed by atoms with E-state index in [1.165, 1.54) is 26.0 Å². The van der Waals surface area contributed by atoms with Crippen LogP contribution >= 0.6 is 11.8 Å². The van der Waals surface area contributed by atoms with Gasteiger partial charge in [-0.3, -0.25) is 4.79 Å². The Balaban J connectivity index is 0.000000386. The van der Waals surface area contributed by atoms with Gasteiger partial charge in [0.05, 0.1) is 25.8 Å². The predicted octanol–water partition coefficient (Wildman–Crippen LogP) is 2.47. The molecule has 2 aromatic heterocycles. The average molecular weight is 530 g/mol. The molecule has 0 aliphatic heterocycles. The minimum atomic E-state index is -0.214. The molecule has 0 spiro atoms. The van der Waals surface area contributed by atoms with Crippen molar-refractivity contribution in [3.63, 3.8) is 0 Å². The summed E-state index contributed by atoms with van der Waals surface area (Å²) in [5, 5.41) is 6.78. The molecule has 0 saturated heterocycles. The van der Waals surface area contributed by atoms with Gasteiger partial charge in [0.1, 0.15) is 0 Å². The monoisotopic (exact) mass is 529 g/mol. The molecule has 0 saturated carbocycles. The second-order valence-electron chi connectivity index (χ2n) is 8.15. The number of nitrogens with one attached hydrogen (secondary N) is 1. The van der Waals surface area contributed by atoms with Gasteiger partial charge in [0.25, 0.3) is 5.91 Å². The normalized spacial score (nSPS) is 10.4. The molecular formula is C26H26KN4O4S-. The van der Waals surface area contributed by atoms with Crippen molar-refractivity contribution in [2.45, 2.75) is 36.2 Å². The standard InChI is InChI=1S/C19H16N3O3S.C7H10NO.K/c1-24-16-12-17(25-2)22-19(21-16)26-15-11-7-6-10-14(15)18(23)20-13-8-4-3-5-9-13;1-7(2,3)6-4-5-8-9-6;/h4-12H,1-2H3,(H,20,23);4H,1-3H3;/q2*-1;+1. The quantitative estimate of drug-likeness (QED) is 0.231. The fourth-order valence-corrected chi connectivity index (χ4v) is 3.57. The Morgan fingerprint density at radius 2 is 1.67 bits per heavy atom. The van der Waals surface area contributed by atoms with E-state index in [4.69, 9.17) is 14.0 Å². The van der Waals surface area contributed by atoms with E-state index in [0.717, 1.165) is 10.7 Å². The minimum Gasteiger partial charge on any atom is -0.481 e. The fraction of sp³-hybridized carbons (Fsp3) is 0.231. The molecule has 2 heterocycles. The van der Waals surface area contributed by atoms with Crippen LogP contribution in [0.15, 0.2) is 75.2 Å². The van der Waals surface area contributed by atoms with Crippen molar-refractivity contribution in [2.24, 2.45) is 0 Å². The fourth-order valence-electron chi connectivity index (χ4n) is 2.69. The number of rotatable bonds is 6. The van der Waals surface area contributed by atoms with E-state index in [9.17, 15) is 4.79 Å². The van der Waals surface area contributed by atoms with Crippen LogP contribution in [0.3, 0.4) is 0 Å². The van der Waals surface area contributed by atoms with Crippen LogP contribution in [0.2, 0.25) is 0 Å². The van der Waals surface area contributed by atoms with Crippen molar-refractivity contribution in [1.29, 1.82) is 0 Å². The van der Waals surface area contributed by atoms with Gasteiger partial charge in [0, 0.05) is 4.90 Å². The van der Waals surface area contributed by atoms with E-state index < -0.39 is 0 Å². The third-order valence-electron chi connectivity index (χ3n) is 4.52. The number of hydrogen-bond acceptors (Lipinski definition) is 8. The van der Waals surface area contributed by atoms with Gasteiger partial charge in [-0.2, -0.15) is 34.2 Å². The number of ether oxygens (including phenoxy) is 2. The number of carbonyl (C=O) groups excluding carboxylic acids is 1. The molecule has 0 atom stereocenters. The van der Waals surface area contributed by atoms with Crippen LogP contribution in [0.25, 0.3) is 0 Å². The van der Waals surface area contributed by atoms with Gasteiger partial charge in [0.2, 0.25) is 11.8 Å². The van der Waals surface area contributed by atoms with Crippen molar-refractivity contribution in [3.05, 3.63) is 84.3 Å². The molecule has 0 aliphatic carbocycles. The molecule has 182 valence electrons. The molecule has 0 aliphatic rings. The molecule has 36 heavy (non-hydrogen) atoms. The summed E-state index contributed by atoms with van der Waals surface area (Å²) in [6.07, 6.45) is 2.62. The number of carbonyl (C=O) groups is 1.